The van der Waals surface area contributed by atoms with E-state index in [4.69, 9.17) is 30.5 Å². The van der Waals surface area contributed by atoms with Crippen molar-refractivity contribution < 1.29 is 46.4 Å². The molecule has 3 rings (SSSR count). The summed E-state index contributed by atoms with van der Waals surface area (Å²) in [4.78, 5) is 14.5. The predicted molar refractivity (Wildman–Crippen MR) is 146 cm³/mol. The van der Waals surface area contributed by atoms with Gasteiger partial charge < -0.3 is 29.0 Å². The maximum Gasteiger partial charge on any atom is 0.419 e. The van der Waals surface area contributed by atoms with Gasteiger partial charge in [-0.2, -0.15) is 13.2 Å². The number of hydrogen-bond donors (Lipinski definition) is 1. The van der Waals surface area contributed by atoms with Crippen molar-refractivity contribution in [1.29, 1.82) is 0 Å². The molecule has 0 aliphatic heterocycles. The highest BCUT2D eigenvalue weighted by molar-refractivity contribution is 6.17. The van der Waals surface area contributed by atoms with Crippen LogP contribution in [-0.4, -0.2) is 57.9 Å². The van der Waals surface area contributed by atoms with Crippen molar-refractivity contribution in [2.45, 2.75) is 56.9 Å². The smallest absolute Gasteiger partial charge is 0.419 e. The molecule has 2 aromatic carbocycles. The summed E-state index contributed by atoms with van der Waals surface area (Å²) in [5.74, 6) is -3.11. The van der Waals surface area contributed by atoms with E-state index >= 15 is 4.39 Å². The molecule has 0 saturated heterocycles. The lowest BCUT2D eigenvalue weighted by molar-refractivity contribution is -0.138. The van der Waals surface area contributed by atoms with Crippen LogP contribution in [0, 0.1) is 17.7 Å². The Labute approximate surface area is 242 Å². The minimum absolute atomic E-state index is 0.0274. The van der Waals surface area contributed by atoms with Gasteiger partial charge in [-0.25, -0.2) is 9.18 Å². The lowest BCUT2D eigenvalue weighted by atomic mass is 9.81. The molecule has 0 heterocycles. The Bertz CT molecular complexity index is 1170. The lowest BCUT2D eigenvalue weighted by Crippen LogP contribution is -2.52. The summed E-state index contributed by atoms with van der Waals surface area (Å²) in [7, 11) is 4.04. The van der Waals surface area contributed by atoms with Gasteiger partial charge in [-0.15, -0.1) is 11.6 Å². The molecule has 7 nitrogen and oxygen atoms in total. The third kappa shape index (κ3) is 8.03. The first-order valence-corrected chi connectivity index (χ1v) is 13.8. The topological polar surface area (TPSA) is 77.5 Å². The SMILES string of the molecule is COCC(COC)N(c1cc(F)c(Oc2ccc(CCl)cc2C(F)(F)F)cc1C(=O)OC)C(O)C1CCC(C)CC1. The van der Waals surface area contributed by atoms with Crippen LogP contribution in [0.4, 0.5) is 23.2 Å². The van der Waals surface area contributed by atoms with Crippen LogP contribution in [-0.2, 0) is 26.3 Å². The van der Waals surface area contributed by atoms with E-state index in [0.717, 1.165) is 44.2 Å². The molecular formula is C29H36ClF4NO6. The predicted octanol–water partition coefficient (Wildman–Crippen LogP) is 6.77. The number of alkyl halides is 4. The van der Waals surface area contributed by atoms with E-state index in [0.29, 0.717) is 18.8 Å². The average Bonchev–Trinajstić information content (AvgIpc) is 2.94. The van der Waals surface area contributed by atoms with E-state index in [9.17, 15) is 23.1 Å². The third-order valence-electron chi connectivity index (χ3n) is 7.34. The Morgan fingerprint density at radius 1 is 1.05 bits per heavy atom. The van der Waals surface area contributed by atoms with Crippen molar-refractivity contribution in [2.24, 2.45) is 11.8 Å². The number of rotatable bonds is 12. The molecule has 0 radical (unpaired) electrons. The van der Waals surface area contributed by atoms with E-state index in [1.165, 1.54) is 25.2 Å². The van der Waals surface area contributed by atoms with Crippen LogP contribution in [0.2, 0.25) is 0 Å². The molecule has 0 spiro atoms. The number of carbonyl (C=O) groups is 1. The van der Waals surface area contributed by atoms with Crippen LogP contribution in [0.25, 0.3) is 0 Å². The molecule has 1 aliphatic carbocycles. The minimum atomic E-state index is -4.81. The van der Waals surface area contributed by atoms with Gasteiger partial charge in [-0.3, -0.25) is 0 Å². The molecule has 1 fully saturated rings. The van der Waals surface area contributed by atoms with Crippen LogP contribution in [0.3, 0.4) is 0 Å². The number of anilines is 1. The van der Waals surface area contributed by atoms with Gasteiger partial charge in [0.25, 0.3) is 0 Å². The Morgan fingerprint density at radius 3 is 2.22 bits per heavy atom. The van der Waals surface area contributed by atoms with Crippen molar-refractivity contribution in [1.82, 2.24) is 0 Å². The second kappa shape index (κ2) is 14.5. The number of aliphatic hydroxyl groups is 1. The van der Waals surface area contributed by atoms with Gasteiger partial charge in [0, 0.05) is 38.2 Å². The number of methoxy groups -OCH3 is 3. The van der Waals surface area contributed by atoms with Gasteiger partial charge in [-0.1, -0.05) is 25.8 Å². The summed E-state index contributed by atoms with van der Waals surface area (Å²) in [6, 6.07) is 4.47. The van der Waals surface area contributed by atoms with Gasteiger partial charge in [0.1, 0.15) is 12.0 Å². The van der Waals surface area contributed by atoms with Crippen LogP contribution in [0.1, 0.15) is 54.1 Å². The Hall–Kier alpha value is -2.60. The second-order valence-electron chi connectivity index (χ2n) is 10.3. The normalized spacial score (nSPS) is 18.3. The number of benzene rings is 2. The van der Waals surface area contributed by atoms with Gasteiger partial charge >= 0.3 is 12.1 Å². The molecule has 2 aromatic rings. The first-order chi connectivity index (χ1) is 19.4. The highest BCUT2D eigenvalue weighted by atomic mass is 35.5. The number of carbonyl (C=O) groups excluding carboxylic acids is 1. The number of aliphatic hydroxyl groups excluding tert-OH is 1. The number of hydrogen-bond acceptors (Lipinski definition) is 7. The van der Waals surface area contributed by atoms with E-state index in [-0.39, 0.29) is 41.8 Å². The zero-order chi connectivity index (χ0) is 30.3. The highest BCUT2D eigenvalue weighted by Crippen LogP contribution is 2.42. The summed E-state index contributed by atoms with van der Waals surface area (Å²) in [6.07, 6.45) is -2.76. The molecule has 0 bridgehead atoms. The Balaban J connectivity index is 2.14. The monoisotopic (exact) mass is 605 g/mol. The van der Waals surface area contributed by atoms with Crippen LogP contribution >= 0.6 is 11.6 Å². The maximum atomic E-state index is 15.7. The summed E-state index contributed by atoms with van der Waals surface area (Å²) in [5.41, 5.74) is -1.19. The number of esters is 1. The van der Waals surface area contributed by atoms with E-state index in [1.807, 2.05) is 0 Å². The number of ether oxygens (including phenoxy) is 4. The minimum Gasteiger partial charge on any atom is -0.465 e. The molecular weight excluding hydrogens is 570 g/mol. The summed E-state index contributed by atoms with van der Waals surface area (Å²) in [5, 5.41) is 11.6. The zero-order valence-electron chi connectivity index (χ0n) is 23.5. The second-order valence-corrected chi connectivity index (χ2v) is 10.5. The molecule has 1 saturated carbocycles. The number of halogens is 5. The average molecular weight is 606 g/mol. The van der Waals surface area contributed by atoms with Crippen LogP contribution < -0.4 is 9.64 Å². The highest BCUT2D eigenvalue weighted by Gasteiger charge is 2.37. The van der Waals surface area contributed by atoms with Crippen LogP contribution in [0.15, 0.2) is 30.3 Å². The van der Waals surface area contributed by atoms with Crippen LogP contribution in [0.5, 0.6) is 11.5 Å². The largest absolute Gasteiger partial charge is 0.465 e. The number of nitrogens with zero attached hydrogens (tertiary/aromatic N) is 1. The Kier molecular flexibility index (Phi) is 11.7. The summed E-state index contributed by atoms with van der Waals surface area (Å²) < 4.78 is 78.0. The van der Waals surface area contributed by atoms with Crippen molar-refractivity contribution in [2.75, 3.05) is 39.4 Å². The lowest BCUT2D eigenvalue weighted by Gasteiger charge is -2.42. The molecule has 1 unspecified atom stereocenters. The quantitative estimate of drug-likeness (QED) is 0.124. The van der Waals surface area contributed by atoms with E-state index < -0.39 is 47.3 Å². The van der Waals surface area contributed by atoms with Crippen molar-refractivity contribution in [3.8, 4) is 11.5 Å². The molecule has 41 heavy (non-hydrogen) atoms. The summed E-state index contributed by atoms with van der Waals surface area (Å²) >= 11 is 5.70. The van der Waals surface area contributed by atoms with E-state index in [1.54, 1.807) is 0 Å². The molecule has 12 heteroatoms. The molecule has 1 aliphatic rings. The van der Waals surface area contributed by atoms with Crippen molar-refractivity contribution >= 4 is 23.3 Å². The van der Waals surface area contributed by atoms with Crippen molar-refractivity contribution in [3.05, 3.63) is 52.8 Å². The molecule has 0 amide bonds. The maximum absolute atomic E-state index is 15.7. The zero-order valence-corrected chi connectivity index (χ0v) is 24.2. The fourth-order valence-corrected chi connectivity index (χ4v) is 5.32. The van der Waals surface area contributed by atoms with Gasteiger partial charge in [0.2, 0.25) is 0 Å². The fourth-order valence-electron chi connectivity index (χ4n) is 5.16. The molecule has 1 atom stereocenters. The fraction of sp³-hybridized carbons (Fsp3) is 0.552. The van der Waals surface area contributed by atoms with Gasteiger partial charge in [0.05, 0.1) is 43.2 Å². The van der Waals surface area contributed by atoms with Gasteiger partial charge in [-0.05, 0) is 36.5 Å². The first kappa shape index (κ1) is 32.9. The molecule has 1 N–H and O–H groups in total. The molecule has 228 valence electrons. The Morgan fingerprint density at radius 2 is 1.68 bits per heavy atom. The first-order valence-electron chi connectivity index (χ1n) is 13.2. The summed E-state index contributed by atoms with van der Waals surface area (Å²) in [6.45, 7) is 2.27. The van der Waals surface area contributed by atoms with Crippen molar-refractivity contribution in [3.63, 3.8) is 0 Å². The standard InChI is InChI=1S/C29H36ClF4NO6/c1-17-5-8-19(9-6-17)27(36)35(20(15-38-2)16-39-3)24-13-23(31)26(12-21(24)28(37)40-4)41-25-10-7-18(14-30)11-22(25)29(32,33)34/h7,10-13,17,19-20,27,36H,5-6,8-9,14-16H2,1-4H3. The van der Waals surface area contributed by atoms with Gasteiger partial charge in [0.15, 0.2) is 11.6 Å². The molecule has 0 aromatic heterocycles. The third-order valence-corrected chi connectivity index (χ3v) is 7.64. The van der Waals surface area contributed by atoms with E-state index in [2.05, 4.69) is 6.92 Å².